The second-order valence-corrected chi connectivity index (χ2v) is 5.34. The van der Waals surface area contributed by atoms with Crippen LogP contribution in [0.4, 0.5) is 0 Å². The zero-order chi connectivity index (χ0) is 11.5. The van der Waals surface area contributed by atoms with Crippen LogP contribution in [-0.4, -0.2) is 0 Å². The van der Waals surface area contributed by atoms with E-state index in [0.717, 1.165) is 11.8 Å². The molecule has 0 N–H and O–H groups in total. The molecule has 17 heavy (non-hydrogen) atoms. The Morgan fingerprint density at radius 3 is 2.29 bits per heavy atom. The van der Waals surface area contributed by atoms with Crippen molar-refractivity contribution >= 4 is 0 Å². The van der Waals surface area contributed by atoms with Crippen molar-refractivity contribution in [3.05, 3.63) is 48.2 Å². The summed E-state index contributed by atoms with van der Waals surface area (Å²) in [6, 6.07) is 8.56. The minimum Gasteiger partial charge on any atom is -0.299 e. The Labute approximate surface area is 131 Å². The van der Waals surface area contributed by atoms with Crippen LogP contribution in [0.25, 0.3) is 0 Å². The van der Waals surface area contributed by atoms with Crippen LogP contribution in [0.15, 0.2) is 24.3 Å². The molecule has 1 aromatic rings. The summed E-state index contributed by atoms with van der Waals surface area (Å²) in [5.41, 5.74) is 2.60. The van der Waals surface area contributed by atoms with E-state index in [9.17, 15) is 0 Å². The third-order valence-electron chi connectivity index (χ3n) is 3.97. The Bertz CT molecular complexity index is 335. The van der Waals surface area contributed by atoms with E-state index in [1.807, 2.05) is 0 Å². The molecule has 0 aromatic heterocycles. The van der Waals surface area contributed by atoms with E-state index in [4.69, 9.17) is 0 Å². The summed E-state index contributed by atoms with van der Waals surface area (Å²) in [6.07, 6.45) is 5.27. The molecule has 0 atom stereocenters. The van der Waals surface area contributed by atoms with Gasteiger partial charge in [-0.1, -0.05) is 39.5 Å². The fourth-order valence-electron chi connectivity index (χ4n) is 2.79. The maximum absolute atomic E-state index is 4.13. The van der Waals surface area contributed by atoms with E-state index < -0.39 is 0 Å². The van der Waals surface area contributed by atoms with Crippen molar-refractivity contribution < 1.29 is 32.7 Å². The van der Waals surface area contributed by atoms with Crippen LogP contribution in [0.1, 0.15) is 50.7 Å². The standard InChI is InChI=1S/C16H22.Y/c1-12(2)14-8-10-15(11-9-14)16-7-5-4-6-13(16)3;/h4-7,12,14H,3,8-11H2,1-2H3;/q-2;. The van der Waals surface area contributed by atoms with Gasteiger partial charge in [0.1, 0.15) is 0 Å². The maximum atomic E-state index is 4.13. The third kappa shape index (κ3) is 3.76. The summed E-state index contributed by atoms with van der Waals surface area (Å²) in [5, 5.41) is 0. The van der Waals surface area contributed by atoms with E-state index in [1.54, 1.807) is 5.92 Å². The topological polar surface area (TPSA) is 0 Å². The number of hydrogen-bond acceptors (Lipinski definition) is 0. The summed E-state index contributed by atoms with van der Waals surface area (Å²) < 4.78 is 0. The predicted octanol–water partition coefficient (Wildman–Crippen LogP) is 4.64. The van der Waals surface area contributed by atoms with Gasteiger partial charge in [0.05, 0.1) is 0 Å². The van der Waals surface area contributed by atoms with Gasteiger partial charge in [0, 0.05) is 32.7 Å². The first-order valence-corrected chi connectivity index (χ1v) is 6.44. The Hall–Kier alpha value is 0.0639. The van der Waals surface area contributed by atoms with Crippen molar-refractivity contribution in [2.75, 3.05) is 0 Å². The van der Waals surface area contributed by atoms with Crippen molar-refractivity contribution in [3.63, 3.8) is 0 Å². The van der Waals surface area contributed by atoms with Crippen molar-refractivity contribution in [1.29, 1.82) is 0 Å². The molecule has 1 saturated carbocycles. The van der Waals surface area contributed by atoms with E-state index in [2.05, 4.69) is 45.0 Å². The average molecular weight is 303 g/mol. The van der Waals surface area contributed by atoms with Crippen molar-refractivity contribution in [2.45, 2.75) is 39.5 Å². The zero-order valence-electron chi connectivity index (χ0n) is 11.1. The van der Waals surface area contributed by atoms with Crippen LogP contribution in [0.3, 0.4) is 0 Å². The molecule has 1 aliphatic carbocycles. The summed E-state index contributed by atoms with van der Waals surface area (Å²) in [4.78, 5) is 0. The Kier molecular flexibility index (Phi) is 6.10. The van der Waals surface area contributed by atoms with Crippen LogP contribution >= 0.6 is 0 Å². The molecular formula is C16H22Y-2. The molecule has 0 amide bonds. The van der Waals surface area contributed by atoms with Crippen LogP contribution in [0, 0.1) is 24.7 Å². The van der Waals surface area contributed by atoms with Gasteiger partial charge in [0.25, 0.3) is 0 Å². The number of hydrogen-bond donors (Lipinski definition) is 0. The molecule has 0 unspecified atom stereocenters. The first kappa shape index (κ1) is 15.1. The summed E-state index contributed by atoms with van der Waals surface area (Å²) in [6.45, 7) is 8.83. The van der Waals surface area contributed by atoms with Crippen molar-refractivity contribution in [3.8, 4) is 0 Å². The van der Waals surface area contributed by atoms with Gasteiger partial charge in [-0.15, -0.1) is 12.1 Å². The molecule has 1 fully saturated rings. The molecule has 0 heterocycles. The van der Waals surface area contributed by atoms with E-state index in [-0.39, 0.29) is 32.7 Å². The molecule has 1 heteroatoms. The van der Waals surface area contributed by atoms with Gasteiger partial charge >= 0.3 is 0 Å². The maximum Gasteiger partial charge on any atom is 0 e. The van der Waals surface area contributed by atoms with E-state index in [1.165, 1.54) is 36.8 Å². The molecule has 1 radical (unpaired) electrons. The third-order valence-corrected chi connectivity index (χ3v) is 3.97. The van der Waals surface area contributed by atoms with Gasteiger partial charge < -0.3 is 0 Å². The predicted molar refractivity (Wildman–Crippen MR) is 70.0 cm³/mol. The van der Waals surface area contributed by atoms with Gasteiger partial charge in [-0.25, -0.2) is 18.1 Å². The monoisotopic (exact) mass is 303 g/mol. The molecule has 2 rings (SSSR count). The molecule has 91 valence electrons. The van der Waals surface area contributed by atoms with Gasteiger partial charge in [-0.2, -0.15) is 0 Å². The Morgan fingerprint density at radius 2 is 1.76 bits per heavy atom. The van der Waals surface area contributed by atoms with Crippen LogP contribution < -0.4 is 0 Å². The molecule has 0 aliphatic heterocycles. The van der Waals surface area contributed by atoms with E-state index >= 15 is 0 Å². The van der Waals surface area contributed by atoms with Crippen molar-refractivity contribution in [1.82, 2.24) is 0 Å². The minimum absolute atomic E-state index is 0. The molecule has 1 aromatic carbocycles. The van der Waals surface area contributed by atoms with Gasteiger partial charge in [0.15, 0.2) is 0 Å². The first-order chi connectivity index (χ1) is 7.68. The van der Waals surface area contributed by atoms with Crippen LogP contribution in [0.5, 0.6) is 0 Å². The fourth-order valence-corrected chi connectivity index (χ4v) is 2.79. The van der Waals surface area contributed by atoms with E-state index in [0.29, 0.717) is 0 Å². The zero-order valence-corrected chi connectivity index (χ0v) is 13.9. The van der Waals surface area contributed by atoms with Crippen LogP contribution in [-0.2, 0) is 32.7 Å². The first-order valence-electron chi connectivity index (χ1n) is 6.44. The molecule has 0 bridgehead atoms. The summed E-state index contributed by atoms with van der Waals surface area (Å²) in [5.74, 6) is 3.40. The van der Waals surface area contributed by atoms with Gasteiger partial charge in [-0.3, -0.25) is 18.1 Å². The largest absolute Gasteiger partial charge is 0.299 e. The van der Waals surface area contributed by atoms with Crippen LogP contribution in [0.2, 0.25) is 0 Å². The van der Waals surface area contributed by atoms with Gasteiger partial charge in [0.2, 0.25) is 0 Å². The average Bonchev–Trinajstić information content (AvgIpc) is 2.30. The summed E-state index contributed by atoms with van der Waals surface area (Å²) in [7, 11) is 0. The second-order valence-electron chi connectivity index (χ2n) is 5.34. The van der Waals surface area contributed by atoms with Crippen molar-refractivity contribution in [2.24, 2.45) is 11.8 Å². The molecular weight excluding hydrogens is 281 g/mol. The minimum atomic E-state index is 0. The molecule has 0 saturated heterocycles. The molecule has 0 spiro atoms. The Morgan fingerprint density at radius 1 is 1.18 bits per heavy atom. The summed E-state index contributed by atoms with van der Waals surface area (Å²) >= 11 is 0. The normalized spacial score (nSPS) is 17.0. The molecule has 1 aliphatic rings. The van der Waals surface area contributed by atoms with Gasteiger partial charge in [-0.05, 0) is 11.8 Å². The smallest absolute Gasteiger partial charge is 0 e. The quantitative estimate of drug-likeness (QED) is 0.699. The molecule has 0 nitrogen and oxygen atoms in total. The SMILES string of the molecule is [CH2-]c1ccccc1[C-]1CCC(C(C)C)CC1.[Y]. The number of rotatable bonds is 2. The Balaban J connectivity index is 0.00000144. The number of benzene rings is 1. The fraction of sp³-hybridized carbons (Fsp3) is 0.500. The second kappa shape index (κ2) is 6.85.